The zero-order chi connectivity index (χ0) is 17.3. The monoisotopic (exact) mass is 342 g/mol. The van der Waals surface area contributed by atoms with E-state index in [1.165, 1.54) is 0 Å². The highest BCUT2D eigenvalue weighted by Crippen LogP contribution is 2.37. The van der Waals surface area contributed by atoms with Crippen LogP contribution in [0.25, 0.3) is 0 Å². The second-order valence-corrected chi connectivity index (χ2v) is 6.95. The van der Waals surface area contributed by atoms with Gasteiger partial charge in [0.15, 0.2) is 5.76 Å². The summed E-state index contributed by atoms with van der Waals surface area (Å²) < 4.78 is 11.4. The average Bonchev–Trinajstić information content (AvgIpc) is 3.05. The van der Waals surface area contributed by atoms with Crippen molar-refractivity contribution in [2.24, 2.45) is 5.92 Å². The number of rotatable bonds is 4. The Morgan fingerprint density at radius 2 is 2.20 bits per heavy atom. The van der Waals surface area contributed by atoms with Crippen LogP contribution < -0.4 is 5.32 Å². The summed E-state index contributed by atoms with van der Waals surface area (Å²) >= 11 is 0. The van der Waals surface area contributed by atoms with E-state index in [9.17, 15) is 4.79 Å². The zero-order valence-corrected chi connectivity index (χ0v) is 14.3. The van der Waals surface area contributed by atoms with E-state index in [1.54, 1.807) is 24.7 Å². The van der Waals surface area contributed by atoms with Crippen LogP contribution in [-0.2, 0) is 4.74 Å². The minimum Gasteiger partial charge on any atom is -0.459 e. The van der Waals surface area contributed by atoms with E-state index in [1.807, 2.05) is 17.9 Å². The molecule has 2 aromatic heterocycles. The van der Waals surface area contributed by atoms with Gasteiger partial charge in [0.25, 0.3) is 5.91 Å². The highest BCUT2D eigenvalue weighted by Gasteiger charge is 2.49. The van der Waals surface area contributed by atoms with Gasteiger partial charge in [0, 0.05) is 24.5 Å². The van der Waals surface area contributed by atoms with Crippen LogP contribution in [0, 0.1) is 12.8 Å². The SMILES string of the molecule is Cc1ccoc1C(=O)N1CC2(CC[C@H](CNc3ncccn3)CO2)C1. The molecule has 1 atom stereocenters. The first-order valence-corrected chi connectivity index (χ1v) is 8.63. The van der Waals surface area contributed by atoms with Crippen molar-refractivity contribution in [3.05, 3.63) is 42.1 Å². The van der Waals surface area contributed by atoms with Gasteiger partial charge in [-0.05, 0) is 37.8 Å². The molecule has 0 aliphatic carbocycles. The molecule has 0 saturated carbocycles. The predicted octanol–water partition coefficient (Wildman–Crippen LogP) is 2.11. The lowest BCUT2D eigenvalue weighted by molar-refractivity contribution is -0.165. The van der Waals surface area contributed by atoms with Gasteiger partial charge in [-0.25, -0.2) is 9.97 Å². The molecule has 25 heavy (non-hydrogen) atoms. The normalized spacial score (nSPS) is 21.8. The van der Waals surface area contributed by atoms with Crippen molar-refractivity contribution in [1.29, 1.82) is 0 Å². The molecule has 0 aromatic carbocycles. The Balaban J connectivity index is 1.24. The number of anilines is 1. The third-order valence-electron chi connectivity index (χ3n) is 5.05. The number of nitrogens with one attached hydrogen (secondary N) is 1. The van der Waals surface area contributed by atoms with Crippen LogP contribution in [0.1, 0.15) is 29.0 Å². The topological polar surface area (TPSA) is 80.5 Å². The summed E-state index contributed by atoms with van der Waals surface area (Å²) in [5, 5.41) is 3.25. The summed E-state index contributed by atoms with van der Waals surface area (Å²) in [4.78, 5) is 22.5. The van der Waals surface area contributed by atoms with E-state index in [0.717, 1.165) is 24.9 Å². The van der Waals surface area contributed by atoms with Crippen molar-refractivity contribution in [2.75, 3.05) is 31.6 Å². The highest BCUT2D eigenvalue weighted by molar-refractivity contribution is 5.93. The Hall–Kier alpha value is -2.41. The number of aromatic nitrogens is 2. The quantitative estimate of drug-likeness (QED) is 0.917. The maximum absolute atomic E-state index is 12.4. The number of hydrogen-bond donors (Lipinski definition) is 1. The van der Waals surface area contributed by atoms with Crippen molar-refractivity contribution in [3.8, 4) is 0 Å². The van der Waals surface area contributed by atoms with Crippen molar-refractivity contribution in [3.63, 3.8) is 0 Å². The first-order valence-electron chi connectivity index (χ1n) is 8.63. The molecule has 7 heteroatoms. The second-order valence-electron chi connectivity index (χ2n) is 6.95. The van der Waals surface area contributed by atoms with Crippen LogP contribution in [0.2, 0.25) is 0 Å². The van der Waals surface area contributed by atoms with Gasteiger partial charge in [0.1, 0.15) is 5.60 Å². The fourth-order valence-corrected chi connectivity index (χ4v) is 3.48. The molecule has 2 saturated heterocycles. The van der Waals surface area contributed by atoms with E-state index in [2.05, 4.69) is 15.3 Å². The third-order valence-corrected chi connectivity index (χ3v) is 5.05. The fourth-order valence-electron chi connectivity index (χ4n) is 3.48. The van der Waals surface area contributed by atoms with Gasteiger partial charge >= 0.3 is 0 Å². The van der Waals surface area contributed by atoms with Crippen molar-refractivity contribution < 1.29 is 13.9 Å². The molecule has 4 heterocycles. The number of amides is 1. The molecule has 2 aliphatic rings. The van der Waals surface area contributed by atoms with Crippen molar-refractivity contribution in [2.45, 2.75) is 25.4 Å². The Morgan fingerprint density at radius 1 is 1.40 bits per heavy atom. The van der Waals surface area contributed by atoms with Gasteiger partial charge in [0.05, 0.1) is 26.0 Å². The number of nitrogens with zero attached hydrogens (tertiary/aromatic N) is 3. The number of likely N-dealkylation sites (tertiary alicyclic amines) is 1. The summed E-state index contributed by atoms with van der Waals surface area (Å²) in [6, 6.07) is 3.61. The van der Waals surface area contributed by atoms with Gasteiger partial charge in [-0.3, -0.25) is 4.79 Å². The fraction of sp³-hybridized carbons (Fsp3) is 0.500. The first-order chi connectivity index (χ1) is 12.2. The zero-order valence-electron chi connectivity index (χ0n) is 14.3. The van der Waals surface area contributed by atoms with Crippen LogP contribution in [0.5, 0.6) is 0 Å². The molecule has 132 valence electrons. The van der Waals surface area contributed by atoms with E-state index in [0.29, 0.717) is 37.3 Å². The Kier molecular flexibility index (Phi) is 4.17. The lowest BCUT2D eigenvalue weighted by atomic mass is 9.82. The predicted molar refractivity (Wildman–Crippen MR) is 91.3 cm³/mol. The molecule has 4 rings (SSSR count). The summed E-state index contributed by atoms with van der Waals surface area (Å²) in [5.74, 6) is 1.49. The minimum absolute atomic E-state index is 0.0401. The molecule has 7 nitrogen and oxygen atoms in total. The lowest BCUT2D eigenvalue weighted by Crippen LogP contribution is -2.66. The number of carbonyl (C=O) groups is 1. The summed E-state index contributed by atoms with van der Waals surface area (Å²) in [6.07, 6.45) is 7.05. The van der Waals surface area contributed by atoms with Crippen molar-refractivity contribution >= 4 is 11.9 Å². The molecule has 2 aromatic rings. The molecule has 0 bridgehead atoms. The van der Waals surface area contributed by atoms with Crippen molar-refractivity contribution in [1.82, 2.24) is 14.9 Å². The van der Waals surface area contributed by atoms with E-state index >= 15 is 0 Å². The summed E-state index contributed by atoms with van der Waals surface area (Å²) in [6.45, 7) is 4.68. The smallest absolute Gasteiger partial charge is 0.290 e. The third kappa shape index (κ3) is 3.24. The Labute approximate surface area is 146 Å². The maximum Gasteiger partial charge on any atom is 0.290 e. The molecule has 0 radical (unpaired) electrons. The number of ether oxygens (including phenoxy) is 1. The van der Waals surface area contributed by atoms with E-state index < -0.39 is 0 Å². The first kappa shape index (κ1) is 16.1. The van der Waals surface area contributed by atoms with Crippen LogP contribution in [-0.4, -0.2) is 52.6 Å². The molecule has 1 N–H and O–H groups in total. The van der Waals surface area contributed by atoms with Crippen LogP contribution in [0.3, 0.4) is 0 Å². The van der Waals surface area contributed by atoms with Gasteiger partial charge < -0.3 is 19.4 Å². The second kappa shape index (κ2) is 6.48. The van der Waals surface area contributed by atoms with E-state index in [4.69, 9.17) is 9.15 Å². The van der Waals surface area contributed by atoms with Gasteiger partial charge in [-0.1, -0.05) is 0 Å². The van der Waals surface area contributed by atoms with Crippen LogP contribution >= 0.6 is 0 Å². The molecule has 0 unspecified atom stereocenters. The summed E-state index contributed by atoms with van der Waals surface area (Å²) in [5.41, 5.74) is 0.709. The van der Waals surface area contributed by atoms with Gasteiger partial charge in [-0.15, -0.1) is 0 Å². The standard InChI is InChI=1S/C18H22N4O3/c1-13-4-8-24-15(13)16(23)22-11-18(12-22)5-3-14(10-25-18)9-21-17-19-6-2-7-20-17/h2,4,6-8,14H,3,5,9-12H2,1H3,(H,19,20,21)/t14-/m1/s1. The number of hydrogen-bond acceptors (Lipinski definition) is 6. The summed E-state index contributed by atoms with van der Waals surface area (Å²) in [7, 11) is 0. The Bertz CT molecular complexity index is 730. The highest BCUT2D eigenvalue weighted by atomic mass is 16.5. The number of carbonyl (C=O) groups excluding carboxylic acids is 1. The average molecular weight is 342 g/mol. The largest absolute Gasteiger partial charge is 0.459 e. The maximum atomic E-state index is 12.4. The van der Waals surface area contributed by atoms with Gasteiger partial charge in [-0.2, -0.15) is 0 Å². The molecule has 1 spiro atoms. The number of aryl methyl sites for hydroxylation is 1. The Morgan fingerprint density at radius 3 is 2.84 bits per heavy atom. The molecule has 1 amide bonds. The van der Waals surface area contributed by atoms with Gasteiger partial charge in [0.2, 0.25) is 5.95 Å². The lowest BCUT2D eigenvalue weighted by Gasteiger charge is -2.52. The molecular weight excluding hydrogens is 320 g/mol. The molecule has 2 aliphatic heterocycles. The van der Waals surface area contributed by atoms with Crippen LogP contribution in [0.4, 0.5) is 5.95 Å². The number of furan rings is 1. The van der Waals surface area contributed by atoms with E-state index in [-0.39, 0.29) is 11.5 Å². The van der Waals surface area contributed by atoms with Crippen LogP contribution in [0.15, 0.2) is 35.2 Å². The molecule has 2 fully saturated rings. The minimum atomic E-state index is -0.171. The molecular formula is C18H22N4O3.